The monoisotopic (exact) mass is 486 g/mol. The summed E-state index contributed by atoms with van der Waals surface area (Å²) in [6.07, 6.45) is 7.75. The van der Waals surface area contributed by atoms with Crippen LogP contribution in [0.5, 0.6) is 0 Å². The first-order valence-electron chi connectivity index (χ1n) is 12.7. The van der Waals surface area contributed by atoms with Gasteiger partial charge in [-0.2, -0.15) is 0 Å². The molecule has 0 atom stereocenters. The number of para-hydroxylation sites is 2. The molecular formula is C34H22N4. The highest BCUT2D eigenvalue weighted by molar-refractivity contribution is 6.22. The topological polar surface area (TPSA) is 35.6 Å². The number of hydrogen-bond acceptors (Lipinski definition) is 2. The Hall–Kier alpha value is -5.22. The van der Waals surface area contributed by atoms with Crippen molar-refractivity contribution in [2.75, 3.05) is 0 Å². The minimum atomic E-state index is 0.895. The fourth-order valence-electron chi connectivity index (χ4n) is 5.80. The van der Waals surface area contributed by atoms with Gasteiger partial charge in [0, 0.05) is 57.6 Å². The quantitative estimate of drug-likeness (QED) is 0.252. The van der Waals surface area contributed by atoms with Gasteiger partial charge >= 0.3 is 0 Å². The van der Waals surface area contributed by atoms with Gasteiger partial charge in [-0.05, 0) is 59.5 Å². The van der Waals surface area contributed by atoms with Gasteiger partial charge in [0.2, 0.25) is 0 Å². The van der Waals surface area contributed by atoms with Crippen molar-refractivity contribution in [1.29, 1.82) is 0 Å². The van der Waals surface area contributed by atoms with Gasteiger partial charge in [-0.15, -0.1) is 0 Å². The van der Waals surface area contributed by atoms with Crippen LogP contribution in [0.25, 0.3) is 66.1 Å². The Morgan fingerprint density at radius 3 is 2.21 bits per heavy atom. The highest BCUT2D eigenvalue weighted by Gasteiger charge is 2.17. The largest absolute Gasteiger partial charge is 0.317 e. The van der Waals surface area contributed by atoms with Crippen LogP contribution >= 0.6 is 0 Å². The highest BCUT2D eigenvalue weighted by atomic mass is 15.1. The molecule has 0 N–H and O–H groups in total. The fourth-order valence-corrected chi connectivity index (χ4v) is 5.80. The van der Waals surface area contributed by atoms with Crippen LogP contribution in [0.3, 0.4) is 0 Å². The molecule has 0 radical (unpaired) electrons. The van der Waals surface area contributed by atoms with Gasteiger partial charge in [0.1, 0.15) is 5.82 Å². The molecule has 0 aliphatic heterocycles. The van der Waals surface area contributed by atoms with Crippen molar-refractivity contribution >= 4 is 43.5 Å². The Morgan fingerprint density at radius 1 is 0.526 bits per heavy atom. The Bertz CT molecular complexity index is 2120. The van der Waals surface area contributed by atoms with Crippen molar-refractivity contribution in [2.45, 2.75) is 0 Å². The molecule has 0 bridgehead atoms. The van der Waals surface area contributed by atoms with Crippen LogP contribution in [-0.2, 0) is 0 Å². The molecule has 0 saturated heterocycles. The average molecular weight is 487 g/mol. The van der Waals surface area contributed by atoms with Gasteiger partial charge in [-0.1, -0.05) is 60.7 Å². The number of pyridine rings is 2. The molecule has 38 heavy (non-hydrogen) atoms. The molecule has 0 amide bonds. The lowest BCUT2D eigenvalue weighted by Crippen LogP contribution is -1.98. The van der Waals surface area contributed by atoms with Crippen molar-refractivity contribution in [2.24, 2.45) is 0 Å². The third-order valence-electron chi connectivity index (χ3n) is 7.50. The first-order valence-corrected chi connectivity index (χ1v) is 12.7. The maximum absolute atomic E-state index is 4.86. The first kappa shape index (κ1) is 20.9. The molecule has 4 aromatic carbocycles. The molecule has 178 valence electrons. The SMILES string of the molecule is c1ccc(-n2ccc3c4ccc5c6ccccc6n(-c6cc(-c7cccnc7)ccn6)c5c4ccc32)cc1. The lowest BCUT2D eigenvalue weighted by molar-refractivity contribution is 1.08. The molecule has 8 rings (SSSR count). The van der Waals surface area contributed by atoms with Crippen LogP contribution in [-0.4, -0.2) is 19.1 Å². The predicted octanol–water partition coefficient (Wildman–Crippen LogP) is 8.34. The van der Waals surface area contributed by atoms with Crippen molar-refractivity contribution < 1.29 is 0 Å². The minimum Gasteiger partial charge on any atom is -0.317 e. The van der Waals surface area contributed by atoms with E-state index in [1.807, 2.05) is 24.5 Å². The van der Waals surface area contributed by atoms with E-state index in [1.54, 1.807) is 6.20 Å². The van der Waals surface area contributed by atoms with E-state index in [4.69, 9.17) is 4.98 Å². The van der Waals surface area contributed by atoms with Gasteiger partial charge in [0.15, 0.2) is 0 Å². The average Bonchev–Trinajstić information content (AvgIpc) is 3.58. The summed E-state index contributed by atoms with van der Waals surface area (Å²) in [5, 5.41) is 6.13. The smallest absolute Gasteiger partial charge is 0.138 e. The van der Waals surface area contributed by atoms with E-state index in [-0.39, 0.29) is 0 Å². The molecule has 4 aromatic heterocycles. The van der Waals surface area contributed by atoms with E-state index in [2.05, 4.69) is 117 Å². The van der Waals surface area contributed by atoms with Crippen LogP contribution in [0, 0.1) is 0 Å². The third kappa shape index (κ3) is 3.04. The zero-order valence-electron chi connectivity index (χ0n) is 20.5. The number of aromatic nitrogens is 4. The van der Waals surface area contributed by atoms with E-state index >= 15 is 0 Å². The normalized spacial score (nSPS) is 11.7. The maximum Gasteiger partial charge on any atom is 0.138 e. The molecule has 8 aromatic rings. The van der Waals surface area contributed by atoms with Crippen LogP contribution < -0.4 is 0 Å². The summed E-state index contributed by atoms with van der Waals surface area (Å²) < 4.78 is 4.57. The third-order valence-corrected chi connectivity index (χ3v) is 7.50. The molecule has 4 heteroatoms. The second kappa shape index (κ2) is 8.15. The van der Waals surface area contributed by atoms with Crippen LogP contribution in [0.15, 0.2) is 134 Å². The van der Waals surface area contributed by atoms with E-state index in [0.29, 0.717) is 0 Å². The predicted molar refractivity (Wildman–Crippen MR) is 156 cm³/mol. The van der Waals surface area contributed by atoms with Crippen molar-refractivity contribution in [1.82, 2.24) is 19.1 Å². The molecule has 0 aliphatic rings. The molecule has 0 aliphatic carbocycles. The molecule has 4 nitrogen and oxygen atoms in total. The zero-order valence-corrected chi connectivity index (χ0v) is 20.5. The summed E-state index contributed by atoms with van der Waals surface area (Å²) in [5.74, 6) is 0.895. The lowest BCUT2D eigenvalue weighted by atomic mass is 10.0. The number of hydrogen-bond donors (Lipinski definition) is 0. The van der Waals surface area contributed by atoms with Gasteiger partial charge in [-0.3, -0.25) is 9.55 Å². The second-order valence-corrected chi connectivity index (χ2v) is 9.57. The van der Waals surface area contributed by atoms with Crippen LogP contribution in [0.1, 0.15) is 0 Å². The van der Waals surface area contributed by atoms with E-state index in [0.717, 1.165) is 28.1 Å². The molecular weight excluding hydrogens is 464 g/mol. The Kier molecular flexibility index (Phi) is 4.49. The summed E-state index contributed by atoms with van der Waals surface area (Å²) in [7, 11) is 0. The van der Waals surface area contributed by atoms with Crippen LogP contribution in [0.4, 0.5) is 0 Å². The summed E-state index contributed by atoms with van der Waals surface area (Å²) in [6.45, 7) is 0. The Balaban J connectivity index is 1.45. The Morgan fingerprint density at radius 2 is 1.32 bits per heavy atom. The summed E-state index contributed by atoms with van der Waals surface area (Å²) in [4.78, 5) is 9.18. The van der Waals surface area contributed by atoms with Crippen molar-refractivity contribution in [3.63, 3.8) is 0 Å². The minimum absolute atomic E-state index is 0.895. The van der Waals surface area contributed by atoms with Crippen molar-refractivity contribution in [3.8, 4) is 22.6 Å². The van der Waals surface area contributed by atoms with Gasteiger partial charge in [0.05, 0.1) is 16.6 Å². The number of nitrogens with zero attached hydrogens (tertiary/aromatic N) is 4. The number of rotatable bonds is 3. The molecule has 0 saturated carbocycles. The van der Waals surface area contributed by atoms with Gasteiger partial charge < -0.3 is 4.57 Å². The second-order valence-electron chi connectivity index (χ2n) is 9.57. The van der Waals surface area contributed by atoms with E-state index < -0.39 is 0 Å². The lowest BCUT2D eigenvalue weighted by Gasteiger charge is -2.11. The summed E-state index contributed by atoms with van der Waals surface area (Å²) in [5.41, 5.74) is 6.85. The molecule has 4 heterocycles. The highest BCUT2D eigenvalue weighted by Crippen LogP contribution is 2.39. The fraction of sp³-hybridized carbons (Fsp3) is 0. The maximum atomic E-state index is 4.86. The zero-order chi connectivity index (χ0) is 25.1. The van der Waals surface area contributed by atoms with E-state index in [1.165, 1.54) is 38.0 Å². The Labute approximate surface area is 219 Å². The van der Waals surface area contributed by atoms with E-state index in [9.17, 15) is 0 Å². The van der Waals surface area contributed by atoms with Gasteiger partial charge in [-0.25, -0.2) is 4.98 Å². The standard InChI is InChI=1S/C34H22N4/c1-2-8-25(9-3-1)37-20-17-28-26-12-13-30-27-10-4-5-11-32(27)38(34(30)29(26)14-15-31(28)37)33-21-23(16-19-36-33)24-7-6-18-35-22-24/h1-22H. The summed E-state index contributed by atoms with van der Waals surface area (Å²) >= 11 is 0. The van der Waals surface area contributed by atoms with Crippen LogP contribution in [0.2, 0.25) is 0 Å². The van der Waals surface area contributed by atoms with Crippen molar-refractivity contribution in [3.05, 3.63) is 134 Å². The molecule has 0 fully saturated rings. The molecule has 0 unspecified atom stereocenters. The number of fused-ring (bicyclic) bond motifs is 7. The molecule has 0 spiro atoms. The summed E-state index contributed by atoms with van der Waals surface area (Å²) in [6, 6.07) is 38.6. The number of benzene rings is 4. The van der Waals surface area contributed by atoms with Gasteiger partial charge in [0.25, 0.3) is 0 Å². The first-order chi connectivity index (χ1) is 18.9.